The van der Waals surface area contributed by atoms with Crippen LogP contribution in [-0.4, -0.2) is 29.4 Å². The van der Waals surface area contributed by atoms with E-state index in [1.54, 1.807) is 18.2 Å². The third-order valence-electron chi connectivity index (χ3n) is 2.22. The molecule has 0 bridgehead atoms. The second-order valence-electron chi connectivity index (χ2n) is 3.44. The highest BCUT2D eigenvalue weighted by atomic mass is 79.9. The number of carbonyl (C=O) groups excluding carboxylic acids is 1. The van der Waals surface area contributed by atoms with Crippen molar-refractivity contribution in [1.82, 2.24) is 0 Å². The average molecular weight is 289 g/mol. The van der Waals surface area contributed by atoms with E-state index >= 15 is 0 Å². The Morgan fingerprint density at radius 1 is 1.44 bits per heavy atom. The van der Waals surface area contributed by atoms with Crippen LogP contribution in [0.4, 0.5) is 0 Å². The first-order valence-corrected chi connectivity index (χ1v) is 5.46. The quantitative estimate of drug-likeness (QED) is 0.824. The van der Waals surface area contributed by atoms with Crippen molar-refractivity contribution in [3.05, 3.63) is 33.8 Å². The molecule has 88 valence electrons. The Kier molecular flexibility index (Phi) is 4.46. The molecule has 0 heterocycles. The maximum Gasteiger partial charge on any atom is 0.337 e. The molecule has 0 fully saturated rings. The van der Waals surface area contributed by atoms with Crippen molar-refractivity contribution in [2.45, 2.75) is 19.1 Å². The fraction of sp³-hybridized carbons (Fsp3) is 0.364. The zero-order valence-corrected chi connectivity index (χ0v) is 10.6. The van der Waals surface area contributed by atoms with E-state index in [2.05, 4.69) is 20.7 Å². The first-order chi connectivity index (χ1) is 7.47. The SMILES string of the molecule is COC(=O)C(O)C(O)c1ccc(C)cc1Br. The highest BCUT2D eigenvalue weighted by Crippen LogP contribution is 2.27. The van der Waals surface area contributed by atoms with Gasteiger partial charge in [0.15, 0.2) is 6.10 Å². The Morgan fingerprint density at radius 3 is 2.56 bits per heavy atom. The van der Waals surface area contributed by atoms with Crippen LogP contribution in [0.1, 0.15) is 17.2 Å². The van der Waals surface area contributed by atoms with Gasteiger partial charge in [-0.05, 0) is 24.1 Å². The average Bonchev–Trinajstić information content (AvgIpc) is 2.26. The summed E-state index contributed by atoms with van der Waals surface area (Å²) >= 11 is 3.26. The van der Waals surface area contributed by atoms with Crippen molar-refractivity contribution in [3.8, 4) is 0 Å². The standard InChI is InChI=1S/C11H13BrO4/c1-6-3-4-7(8(12)5-6)9(13)10(14)11(15)16-2/h3-5,9-10,13-14H,1-2H3. The first-order valence-electron chi connectivity index (χ1n) is 4.67. The Labute approximate surface area is 102 Å². The number of aryl methyl sites for hydroxylation is 1. The smallest absolute Gasteiger partial charge is 0.337 e. The van der Waals surface area contributed by atoms with Gasteiger partial charge in [0.1, 0.15) is 6.10 Å². The molecule has 2 unspecified atom stereocenters. The highest BCUT2D eigenvalue weighted by molar-refractivity contribution is 9.10. The van der Waals surface area contributed by atoms with Crippen molar-refractivity contribution in [3.63, 3.8) is 0 Å². The molecule has 1 rings (SSSR count). The summed E-state index contributed by atoms with van der Waals surface area (Å²) in [7, 11) is 1.16. The van der Waals surface area contributed by atoms with Gasteiger partial charge in [0.25, 0.3) is 0 Å². The normalized spacial score (nSPS) is 14.3. The number of hydrogen-bond acceptors (Lipinski definition) is 4. The third-order valence-corrected chi connectivity index (χ3v) is 2.90. The number of hydrogen-bond donors (Lipinski definition) is 2. The molecule has 0 spiro atoms. The van der Waals surface area contributed by atoms with Gasteiger partial charge in [0, 0.05) is 4.47 Å². The maximum absolute atomic E-state index is 11.1. The van der Waals surface area contributed by atoms with E-state index in [-0.39, 0.29) is 0 Å². The van der Waals surface area contributed by atoms with E-state index in [0.717, 1.165) is 12.7 Å². The van der Waals surface area contributed by atoms with Crippen LogP contribution in [-0.2, 0) is 9.53 Å². The fourth-order valence-corrected chi connectivity index (χ4v) is 2.02. The zero-order valence-electron chi connectivity index (χ0n) is 8.98. The number of halogens is 1. The molecule has 1 aromatic carbocycles. The Hall–Kier alpha value is -0.910. The van der Waals surface area contributed by atoms with Crippen molar-refractivity contribution in [2.24, 2.45) is 0 Å². The minimum atomic E-state index is -1.58. The largest absolute Gasteiger partial charge is 0.467 e. The van der Waals surface area contributed by atoms with Gasteiger partial charge in [0.2, 0.25) is 0 Å². The number of aliphatic hydroxyl groups excluding tert-OH is 2. The van der Waals surface area contributed by atoms with Crippen LogP contribution in [0.25, 0.3) is 0 Å². The highest BCUT2D eigenvalue weighted by Gasteiger charge is 2.27. The van der Waals surface area contributed by atoms with Gasteiger partial charge in [-0.15, -0.1) is 0 Å². The maximum atomic E-state index is 11.1. The third kappa shape index (κ3) is 2.81. The van der Waals surface area contributed by atoms with Gasteiger partial charge in [-0.3, -0.25) is 0 Å². The van der Waals surface area contributed by atoms with Crippen LogP contribution >= 0.6 is 15.9 Å². The Bertz CT molecular complexity index is 392. The predicted octanol–water partition coefficient (Wildman–Crippen LogP) is 1.32. The number of ether oxygens (including phenoxy) is 1. The summed E-state index contributed by atoms with van der Waals surface area (Å²) in [6, 6.07) is 5.23. The lowest BCUT2D eigenvalue weighted by molar-refractivity contribution is -0.156. The molecule has 5 heteroatoms. The van der Waals surface area contributed by atoms with E-state index in [1.807, 2.05) is 6.92 Å². The molecular formula is C11H13BrO4. The first kappa shape index (κ1) is 13.2. The summed E-state index contributed by atoms with van der Waals surface area (Å²) in [6.45, 7) is 1.90. The van der Waals surface area contributed by atoms with Gasteiger partial charge in [-0.2, -0.15) is 0 Å². The lowest BCUT2D eigenvalue weighted by atomic mass is 10.0. The molecule has 1 aromatic rings. The molecule has 0 saturated heterocycles. The molecule has 0 aromatic heterocycles. The zero-order chi connectivity index (χ0) is 12.3. The molecule has 4 nitrogen and oxygen atoms in total. The van der Waals surface area contributed by atoms with Gasteiger partial charge >= 0.3 is 5.97 Å². The fourth-order valence-electron chi connectivity index (χ4n) is 1.29. The number of aliphatic hydroxyl groups is 2. The van der Waals surface area contributed by atoms with Crippen molar-refractivity contribution >= 4 is 21.9 Å². The Balaban J connectivity index is 2.96. The molecule has 0 radical (unpaired) electrons. The van der Waals surface area contributed by atoms with E-state index in [1.165, 1.54) is 0 Å². The van der Waals surface area contributed by atoms with Crippen molar-refractivity contribution < 1.29 is 19.7 Å². The number of methoxy groups -OCH3 is 1. The van der Waals surface area contributed by atoms with E-state index in [0.29, 0.717) is 10.0 Å². The van der Waals surface area contributed by atoms with Gasteiger partial charge in [0.05, 0.1) is 7.11 Å². The van der Waals surface area contributed by atoms with E-state index in [9.17, 15) is 15.0 Å². The van der Waals surface area contributed by atoms with Crippen LogP contribution in [0.5, 0.6) is 0 Å². The van der Waals surface area contributed by atoms with Crippen LogP contribution in [0.3, 0.4) is 0 Å². The van der Waals surface area contributed by atoms with E-state index < -0.39 is 18.2 Å². The molecule has 16 heavy (non-hydrogen) atoms. The molecule has 0 amide bonds. The monoisotopic (exact) mass is 288 g/mol. The second kappa shape index (κ2) is 5.43. The molecule has 0 aliphatic heterocycles. The lowest BCUT2D eigenvalue weighted by Crippen LogP contribution is -2.29. The molecule has 0 aliphatic carbocycles. The summed E-state index contributed by atoms with van der Waals surface area (Å²) in [5, 5.41) is 19.3. The summed E-state index contributed by atoms with van der Waals surface area (Å²) in [6.07, 6.45) is -2.88. The number of rotatable bonds is 3. The van der Waals surface area contributed by atoms with Gasteiger partial charge < -0.3 is 14.9 Å². The summed E-state index contributed by atoms with van der Waals surface area (Å²) in [5.41, 5.74) is 1.46. The number of esters is 1. The molecule has 0 saturated carbocycles. The Morgan fingerprint density at radius 2 is 2.06 bits per heavy atom. The topological polar surface area (TPSA) is 66.8 Å². The van der Waals surface area contributed by atoms with Crippen molar-refractivity contribution in [2.75, 3.05) is 7.11 Å². The minimum absolute atomic E-state index is 0.448. The summed E-state index contributed by atoms with van der Waals surface area (Å²) in [5.74, 6) is -0.861. The number of benzene rings is 1. The molecule has 2 N–H and O–H groups in total. The van der Waals surface area contributed by atoms with Crippen LogP contribution in [0.15, 0.2) is 22.7 Å². The molecule has 2 atom stereocenters. The predicted molar refractivity (Wildman–Crippen MR) is 61.9 cm³/mol. The summed E-state index contributed by atoms with van der Waals surface area (Å²) in [4.78, 5) is 11.1. The van der Waals surface area contributed by atoms with Crippen molar-refractivity contribution in [1.29, 1.82) is 0 Å². The minimum Gasteiger partial charge on any atom is -0.467 e. The van der Waals surface area contributed by atoms with Crippen LogP contribution in [0.2, 0.25) is 0 Å². The summed E-state index contributed by atoms with van der Waals surface area (Å²) < 4.78 is 5.00. The number of carbonyl (C=O) groups is 1. The molecule has 0 aliphatic rings. The van der Waals surface area contributed by atoms with Crippen LogP contribution < -0.4 is 0 Å². The second-order valence-corrected chi connectivity index (χ2v) is 4.29. The van der Waals surface area contributed by atoms with Gasteiger partial charge in [-0.1, -0.05) is 28.1 Å². The molecular weight excluding hydrogens is 276 g/mol. The van der Waals surface area contributed by atoms with E-state index in [4.69, 9.17) is 0 Å². The lowest BCUT2D eigenvalue weighted by Gasteiger charge is -2.17. The van der Waals surface area contributed by atoms with Crippen LogP contribution in [0, 0.1) is 6.92 Å². The van der Waals surface area contributed by atoms with Gasteiger partial charge in [-0.25, -0.2) is 4.79 Å².